The SMILES string of the molecule is Cc1ccc(NC(=O)C(Sc2ccc(NC(=O)/C(=C/c3ccc(N(C)C)cc3)NC(=O)c3ccccc3)cc2)c2ccccc2)cc1C. The number of hydrogen-bond acceptors (Lipinski definition) is 5. The molecular weight excluding hydrogens is 617 g/mol. The summed E-state index contributed by atoms with van der Waals surface area (Å²) in [6, 6.07) is 39.3. The molecule has 0 saturated heterocycles. The van der Waals surface area contributed by atoms with Gasteiger partial charge in [0.15, 0.2) is 0 Å². The van der Waals surface area contributed by atoms with Crippen LogP contribution in [0.1, 0.15) is 37.9 Å². The van der Waals surface area contributed by atoms with Gasteiger partial charge in [-0.3, -0.25) is 14.4 Å². The number of nitrogens with zero attached hydrogens (tertiary/aromatic N) is 1. The van der Waals surface area contributed by atoms with E-state index in [4.69, 9.17) is 0 Å². The minimum absolute atomic E-state index is 0.104. The van der Waals surface area contributed by atoms with Crippen LogP contribution in [0.25, 0.3) is 6.08 Å². The predicted molar refractivity (Wildman–Crippen MR) is 197 cm³/mol. The third kappa shape index (κ3) is 9.02. The Morgan fingerprint density at radius 1 is 0.688 bits per heavy atom. The topological polar surface area (TPSA) is 90.5 Å². The van der Waals surface area contributed by atoms with Crippen molar-refractivity contribution in [2.75, 3.05) is 29.6 Å². The molecule has 0 aliphatic rings. The second-order valence-electron chi connectivity index (χ2n) is 11.5. The van der Waals surface area contributed by atoms with E-state index in [9.17, 15) is 14.4 Å². The number of hydrogen-bond donors (Lipinski definition) is 3. The lowest BCUT2D eigenvalue weighted by Gasteiger charge is -2.18. The van der Waals surface area contributed by atoms with Crippen LogP contribution >= 0.6 is 11.8 Å². The van der Waals surface area contributed by atoms with Gasteiger partial charge < -0.3 is 20.9 Å². The Kier molecular flexibility index (Phi) is 11.1. The Morgan fingerprint density at radius 2 is 1.31 bits per heavy atom. The van der Waals surface area contributed by atoms with Crippen LogP contribution in [-0.4, -0.2) is 31.8 Å². The first kappa shape index (κ1) is 33.8. The van der Waals surface area contributed by atoms with E-state index in [2.05, 4.69) is 16.0 Å². The quantitative estimate of drug-likeness (QED) is 0.0986. The Hall–Kier alpha value is -5.60. The minimum Gasteiger partial charge on any atom is -0.378 e. The molecule has 1 atom stereocenters. The van der Waals surface area contributed by atoms with Gasteiger partial charge in [0.1, 0.15) is 10.9 Å². The van der Waals surface area contributed by atoms with Crippen LogP contribution in [0.2, 0.25) is 0 Å². The molecule has 5 rings (SSSR count). The van der Waals surface area contributed by atoms with Crippen molar-refractivity contribution in [3.05, 3.63) is 161 Å². The van der Waals surface area contributed by atoms with Gasteiger partial charge in [0.05, 0.1) is 0 Å². The minimum atomic E-state index is -0.505. The summed E-state index contributed by atoms with van der Waals surface area (Å²) in [5.74, 6) is -0.986. The molecule has 48 heavy (non-hydrogen) atoms. The molecular formula is C40H38N4O3S. The Morgan fingerprint density at radius 3 is 1.94 bits per heavy atom. The average molecular weight is 655 g/mol. The number of amides is 3. The normalized spacial score (nSPS) is 11.7. The summed E-state index contributed by atoms with van der Waals surface area (Å²) in [5, 5.41) is 8.26. The summed E-state index contributed by atoms with van der Waals surface area (Å²) in [4.78, 5) is 43.0. The number of rotatable bonds is 11. The zero-order valence-electron chi connectivity index (χ0n) is 27.4. The molecule has 0 aliphatic carbocycles. The monoisotopic (exact) mass is 654 g/mol. The number of benzene rings is 5. The van der Waals surface area contributed by atoms with Crippen molar-refractivity contribution >= 4 is 52.6 Å². The molecule has 3 N–H and O–H groups in total. The molecule has 0 heterocycles. The van der Waals surface area contributed by atoms with Gasteiger partial charge in [0.2, 0.25) is 5.91 Å². The maximum Gasteiger partial charge on any atom is 0.272 e. The van der Waals surface area contributed by atoms with Gasteiger partial charge in [-0.15, -0.1) is 11.8 Å². The molecule has 0 aromatic heterocycles. The van der Waals surface area contributed by atoms with Crippen molar-refractivity contribution in [2.24, 2.45) is 0 Å². The molecule has 0 radical (unpaired) electrons. The van der Waals surface area contributed by atoms with E-state index in [1.54, 1.807) is 42.5 Å². The van der Waals surface area contributed by atoms with Crippen LogP contribution in [0, 0.1) is 13.8 Å². The number of nitrogens with one attached hydrogen (secondary N) is 3. The van der Waals surface area contributed by atoms with E-state index in [-0.39, 0.29) is 17.5 Å². The molecule has 8 heteroatoms. The van der Waals surface area contributed by atoms with Crippen LogP contribution in [-0.2, 0) is 9.59 Å². The van der Waals surface area contributed by atoms with Crippen molar-refractivity contribution in [3.8, 4) is 0 Å². The van der Waals surface area contributed by atoms with Crippen molar-refractivity contribution in [1.82, 2.24) is 5.32 Å². The van der Waals surface area contributed by atoms with Gasteiger partial charge >= 0.3 is 0 Å². The average Bonchev–Trinajstić information content (AvgIpc) is 3.10. The van der Waals surface area contributed by atoms with Crippen LogP contribution in [0.3, 0.4) is 0 Å². The van der Waals surface area contributed by atoms with Crippen LogP contribution < -0.4 is 20.9 Å². The molecule has 0 fully saturated rings. The summed E-state index contributed by atoms with van der Waals surface area (Å²) in [6.07, 6.45) is 1.65. The fourth-order valence-corrected chi connectivity index (χ4v) is 5.88. The van der Waals surface area contributed by atoms with E-state index in [0.29, 0.717) is 11.3 Å². The van der Waals surface area contributed by atoms with E-state index < -0.39 is 11.2 Å². The van der Waals surface area contributed by atoms with Crippen LogP contribution in [0.4, 0.5) is 17.1 Å². The highest BCUT2D eigenvalue weighted by Gasteiger charge is 2.23. The highest BCUT2D eigenvalue weighted by atomic mass is 32.2. The fraction of sp³-hybridized carbons (Fsp3) is 0.125. The Bertz CT molecular complexity index is 1910. The summed E-state index contributed by atoms with van der Waals surface area (Å²) in [6.45, 7) is 4.06. The maximum atomic E-state index is 13.6. The fourth-order valence-electron chi connectivity index (χ4n) is 4.86. The number of carbonyl (C=O) groups is 3. The highest BCUT2D eigenvalue weighted by molar-refractivity contribution is 8.00. The molecule has 7 nitrogen and oxygen atoms in total. The number of carbonyl (C=O) groups excluding carboxylic acids is 3. The molecule has 1 unspecified atom stereocenters. The molecule has 0 bridgehead atoms. The van der Waals surface area contributed by atoms with Gasteiger partial charge in [-0.25, -0.2) is 0 Å². The largest absolute Gasteiger partial charge is 0.378 e. The van der Waals surface area contributed by atoms with Gasteiger partial charge in [-0.2, -0.15) is 0 Å². The van der Waals surface area contributed by atoms with E-state index >= 15 is 0 Å². The number of anilines is 3. The smallest absolute Gasteiger partial charge is 0.272 e. The van der Waals surface area contributed by atoms with Crippen molar-refractivity contribution in [3.63, 3.8) is 0 Å². The van der Waals surface area contributed by atoms with Crippen LogP contribution in [0.5, 0.6) is 0 Å². The van der Waals surface area contributed by atoms with E-state index in [1.165, 1.54) is 11.8 Å². The summed E-state index contributed by atoms with van der Waals surface area (Å²) >= 11 is 1.42. The lowest BCUT2D eigenvalue weighted by molar-refractivity contribution is -0.116. The lowest BCUT2D eigenvalue weighted by Crippen LogP contribution is -2.30. The summed E-state index contributed by atoms with van der Waals surface area (Å²) < 4.78 is 0. The number of thioether (sulfide) groups is 1. The van der Waals surface area contributed by atoms with Gasteiger partial charge in [-0.1, -0.05) is 66.7 Å². The van der Waals surface area contributed by atoms with Gasteiger partial charge in [0, 0.05) is 41.6 Å². The second-order valence-corrected chi connectivity index (χ2v) is 12.7. The summed E-state index contributed by atoms with van der Waals surface area (Å²) in [5.41, 5.74) is 6.76. The van der Waals surface area contributed by atoms with Crippen molar-refractivity contribution in [2.45, 2.75) is 24.0 Å². The van der Waals surface area contributed by atoms with Crippen molar-refractivity contribution < 1.29 is 14.4 Å². The molecule has 5 aromatic rings. The van der Waals surface area contributed by atoms with E-state index in [0.717, 1.165) is 38.5 Å². The molecule has 3 amide bonds. The lowest BCUT2D eigenvalue weighted by atomic mass is 10.1. The standard InChI is InChI=1S/C40H38N4O3S/c1-27-15-18-33(25-28(27)2)42-40(47)37(30-11-7-5-8-12-30)48-35-23-19-32(20-24-35)41-39(46)36(43-38(45)31-13-9-6-10-14-31)26-29-16-21-34(22-17-29)44(3)4/h5-26,37H,1-4H3,(H,41,46)(H,42,47)(H,43,45)/b36-26-. The third-order valence-electron chi connectivity index (χ3n) is 7.73. The molecule has 0 spiro atoms. The predicted octanol–water partition coefficient (Wildman–Crippen LogP) is 8.25. The van der Waals surface area contributed by atoms with Gasteiger partial charge in [-0.05, 0) is 103 Å². The Labute approximate surface area is 286 Å². The zero-order valence-corrected chi connectivity index (χ0v) is 28.2. The van der Waals surface area contributed by atoms with Crippen molar-refractivity contribution in [1.29, 1.82) is 0 Å². The zero-order chi connectivity index (χ0) is 34.0. The van der Waals surface area contributed by atoms with Crippen LogP contribution in [0.15, 0.2) is 138 Å². The molecule has 0 aliphatic heterocycles. The van der Waals surface area contributed by atoms with Gasteiger partial charge in [0.25, 0.3) is 11.8 Å². The second kappa shape index (κ2) is 15.8. The highest BCUT2D eigenvalue weighted by Crippen LogP contribution is 2.37. The first-order valence-corrected chi connectivity index (χ1v) is 16.4. The molecule has 242 valence electrons. The maximum absolute atomic E-state index is 13.6. The third-order valence-corrected chi connectivity index (χ3v) is 9.00. The molecule has 5 aromatic carbocycles. The number of aryl methyl sites for hydroxylation is 2. The first-order chi connectivity index (χ1) is 23.2. The first-order valence-electron chi connectivity index (χ1n) is 15.5. The van der Waals surface area contributed by atoms with E-state index in [1.807, 2.05) is 124 Å². The molecule has 0 saturated carbocycles. The summed E-state index contributed by atoms with van der Waals surface area (Å²) in [7, 11) is 3.91. The Balaban J connectivity index is 1.33.